The number of hydrogen-bond acceptors (Lipinski definition) is 4. The molecule has 0 unspecified atom stereocenters. The van der Waals surface area contributed by atoms with Crippen LogP contribution < -0.4 is 10.1 Å². The molecule has 2 aromatic rings. The van der Waals surface area contributed by atoms with Crippen LogP contribution >= 0.6 is 0 Å². The number of carbonyl (C=O) groups excluding carboxylic acids is 1. The van der Waals surface area contributed by atoms with Crippen LogP contribution in [-0.4, -0.2) is 17.4 Å². The van der Waals surface area contributed by atoms with Gasteiger partial charge in [-0.1, -0.05) is 20.8 Å². The van der Waals surface area contributed by atoms with Gasteiger partial charge in [0.25, 0.3) is 5.91 Å². The Labute approximate surface area is 142 Å². The molecule has 0 aliphatic carbocycles. The second-order valence-electron chi connectivity index (χ2n) is 7.25. The minimum atomic E-state index is -0.293. The standard InChI is InChI=1S/C19H24N2O3/c1-12(18-21-11-16(24-18)19(2,3)4)23-14-7-8-15-13(10-14)6-5-9-20-17(15)22/h7-8,10-12H,5-6,9H2,1-4H3,(H,20,22)/t12-/m0/s1. The SMILES string of the molecule is C[C@H](Oc1ccc2c(c1)CCCNC2=O)c1ncc(C(C)(C)C)o1. The van der Waals surface area contributed by atoms with Crippen molar-refractivity contribution in [2.75, 3.05) is 6.54 Å². The van der Waals surface area contributed by atoms with Crippen molar-refractivity contribution in [3.05, 3.63) is 47.2 Å². The van der Waals surface area contributed by atoms with E-state index < -0.39 is 0 Å². The van der Waals surface area contributed by atoms with Gasteiger partial charge in [0, 0.05) is 17.5 Å². The predicted octanol–water partition coefficient (Wildman–Crippen LogP) is 3.79. The fourth-order valence-electron chi connectivity index (χ4n) is 2.72. The number of fused-ring (bicyclic) bond motifs is 1. The predicted molar refractivity (Wildman–Crippen MR) is 91.3 cm³/mol. The van der Waals surface area contributed by atoms with Crippen molar-refractivity contribution in [2.24, 2.45) is 0 Å². The van der Waals surface area contributed by atoms with Crippen LogP contribution in [0, 0.1) is 0 Å². The first kappa shape index (κ1) is 16.6. The highest BCUT2D eigenvalue weighted by Gasteiger charge is 2.22. The topological polar surface area (TPSA) is 64.4 Å². The third kappa shape index (κ3) is 3.45. The summed E-state index contributed by atoms with van der Waals surface area (Å²) in [6, 6.07) is 5.60. The third-order valence-corrected chi connectivity index (χ3v) is 4.15. The van der Waals surface area contributed by atoms with Crippen LogP contribution in [0.5, 0.6) is 5.75 Å². The van der Waals surface area contributed by atoms with Crippen molar-refractivity contribution in [2.45, 2.75) is 52.1 Å². The molecule has 0 radical (unpaired) electrons. The number of carbonyl (C=O) groups is 1. The van der Waals surface area contributed by atoms with Gasteiger partial charge in [-0.05, 0) is 43.5 Å². The molecule has 3 rings (SSSR count). The maximum absolute atomic E-state index is 12.0. The molecule has 0 spiro atoms. The Bertz CT molecular complexity index is 743. The molecule has 1 aromatic carbocycles. The van der Waals surface area contributed by atoms with Gasteiger partial charge in [0.05, 0.1) is 6.20 Å². The van der Waals surface area contributed by atoms with Gasteiger partial charge in [-0.3, -0.25) is 4.79 Å². The summed E-state index contributed by atoms with van der Waals surface area (Å²) in [5, 5.41) is 2.90. The van der Waals surface area contributed by atoms with E-state index in [-0.39, 0.29) is 17.4 Å². The van der Waals surface area contributed by atoms with Crippen LogP contribution in [0.15, 0.2) is 28.8 Å². The normalized spacial score (nSPS) is 16.1. The molecule has 1 amide bonds. The molecule has 0 bridgehead atoms. The average Bonchev–Trinajstić information content (AvgIpc) is 2.95. The van der Waals surface area contributed by atoms with Gasteiger partial charge >= 0.3 is 0 Å². The number of ether oxygens (including phenoxy) is 1. The van der Waals surface area contributed by atoms with Crippen molar-refractivity contribution in [1.29, 1.82) is 0 Å². The number of oxazole rings is 1. The number of rotatable bonds is 3. The molecule has 5 nitrogen and oxygen atoms in total. The van der Waals surface area contributed by atoms with Crippen molar-refractivity contribution in [1.82, 2.24) is 10.3 Å². The van der Waals surface area contributed by atoms with E-state index in [1.54, 1.807) is 6.20 Å². The van der Waals surface area contributed by atoms with E-state index in [1.807, 2.05) is 25.1 Å². The van der Waals surface area contributed by atoms with E-state index in [1.165, 1.54) is 0 Å². The zero-order chi connectivity index (χ0) is 17.3. The Morgan fingerprint density at radius 3 is 2.83 bits per heavy atom. The second kappa shape index (κ2) is 6.30. The van der Waals surface area contributed by atoms with Gasteiger partial charge in [-0.25, -0.2) is 4.98 Å². The first-order valence-corrected chi connectivity index (χ1v) is 8.38. The Kier molecular flexibility index (Phi) is 4.35. The summed E-state index contributed by atoms with van der Waals surface area (Å²) in [6.45, 7) is 8.88. The van der Waals surface area contributed by atoms with Gasteiger partial charge in [0.2, 0.25) is 5.89 Å². The molecule has 5 heteroatoms. The summed E-state index contributed by atoms with van der Waals surface area (Å²) in [4.78, 5) is 16.3. The van der Waals surface area contributed by atoms with E-state index in [2.05, 4.69) is 31.1 Å². The molecule has 1 aromatic heterocycles. The molecule has 24 heavy (non-hydrogen) atoms. The third-order valence-electron chi connectivity index (χ3n) is 4.15. The molecule has 128 valence electrons. The summed E-state index contributed by atoms with van der Waals surface area (Å²) in [5.74, 6) is 2.12. The van der Waals surface area contributed by atoms with E-state index in [0.717, 1.165) is 35.5 Å². The Morgan fingerprint density at radius 1 is 1.33 bits per heavy atom. The number of aromatic nitrogens is 1. The number of hydrogen-bond donors (Lipinski definition) is 1. The van der Waals surface area contributed by atoms with Crippen molar-refractivity contribution in [3.63, 3.8) is 0 Å². The van der Waals surface area contributed by atoms with Crippen LogP contribution in [-0.2, 0) is 11.8 Å². The van der Waals surface area contributed by atoms with E-state index in [0.29, 0.717) is 12.4 Å². The monoisotopic (exact) mass is 328 g/mol. The fourth-order valence-corrected chi connectivity index (χ4v) is 2.72. The summed E-state index contributed by atoms with van der Waals surface area (Å²) >= 11 is 0. The maximum atomic E-state index is 12.0. The average molecular weight is 328 g/mol. The molecule has 1 atom stereocenters. The van der Waals surface area contributed by atoms with Crippen molar-refractivity contribution < 1.29 is 13.9 Å². The highest BCUT2D eigenvalue weighted by Crippen LogP contribution is 2.28. The molecular weight excluding hydrogens is 304 g/mol. The number of nitrogens with one attached hydrogen (secondary N) is 1. The fraction of sp³-hybridized carbons (Fsp3) is 0.474. The number of aryl methyl sites for hydroxylation is 1. The number of nitrogens with zero attached hydrogens (tertiary/aromatic N) is 1. The Morgan fingerprint density at radius 2 is 2.12 bits per heavy atom. The summed E-state index contributed by atoms with van der Waals surface area (Å²) in [5.41, 5.74) is 1.68. The van der Waals surface area contributed by atoms with Gasteiger partial charge in [-0.2, -0.15) is 0 Å². The van der Waals surface area contributed by atoms with Crippen LogP contribution in [0.1, 0.15) is 67.8 Å². The van der Waals surface area contributed by atoms with Crippen molar-refractivity contribution >= 4 is 5.91 Å². The quantitative estimate of drug-likeness (QED) is 0.931. The minimum Gasteiger partial charge on any atom is -0.481 e. The molecule has 0 fully saturated rings. The summed E-state index contributed by atoms with van der Waals surface area (Å²) < 4.78 is 11.8. The Balaban J connectivity index is 1.77. The zero-order valence-corrected chi connectivity index (χ0v) is 14.7. The lowest BCUT2D eigenvalue weighted by Crippen LogP contribution is -2.22. The first-order valence-electron chi connectivity index (χ1n) is 8.38. The van der Waals surface area contributed by atoms with Crippen LogP contribution in [0.3, 0.4) is 0 Å². The molecule has 0 saturated carbocycles. The number of amides is 1. The largest absolute Gasteiger partial charge is 0.481 e. The number of benzene rings is 1. The van der Waals surface area contributed by atoms with Crippen LogP contribution in [0.4, 0.5) is 0 Å². The zero-order valence-electron chi connectivity index (χ0n) is 14.7. The highest BCUT2D eigenvalue weighted by atomic mass is 16.5. The first-order chi connectivity index (χ1) is 11.3. The van der Waals surface area contributed by atoms with E-state index in [4.69, 9.17) is 9.15 Å². The molecule has 0 saturated heterocycles. The molecular formula is C19H24N2O3. The second-order valence-corrected chi connectivity index (χ2v) is 7.25. The lowest BCUT2D eigenvalue weighted by Gasteiger charge is -2.15. The van der Waals surface area contributed by atoms with Gasteiger partial charge in [-0.15, -0.1) is 0 Å². The highest BCUT2D eigenvalue weighted by molar-refractivity contribution is 5.96. The smallest absolute Gasteiger partial charge is 0.251 e. The summed E-state index contributed by atoms with van der Waals surface area (Å²) in [7, 11) is 0. The van der Waals surface area contributed by atoms with E-state index >= 15 is 0 Å². The van der Waals surface area contributed by atoms with E-state index in [9.17, 15) is 4.79 Å². The lowest BCUT2D eigenvalue weighted by molar-refractivity contribution is 0.0956. The summed E-state index contributed by atoms with van der Waals surface area (Å²) in [6.07, 6.45) is 3.27. The molecule has 2 heterocycles. The molecule has 1 N–H and O–H groups in total. The van der Waals surface area contributed by atoms with Gasteiger partial charge in [0.1, 0.15) is 11.5 Å². The van der Waals surface area contributed by atoms with Crippen LogP contribution in [0.25, 0.3) is 0 Å². The van der Waals surface area contributed by atoms with Crippen LogP contribution in [0.2, 0.25) is 0 Å². The maximum Gasteiger partial charge on any atom is 0.251 e. The molecule has 1 aliphatic rings. The van der Waals surface area contributed by atoms with Crippen molar-refractivity contribution in [3.8, 4) is 5.75 Å². The minimum absolute atomic E-state index is 0.00961. The lowest BCUT2D eigenvalue weighted by atomic mass is 9.94. The van der Waals surface area contributed by atoms with Gasteiger partial charge in [0.15, 0.2) is 6.10 Å². The molecule has 1 aliphatic heterocycles. The Hall–Kier alpha value is -2.30. The van der Waals surface area contributed by atoms with Gasteiger partial charge < -0.3 is 14.5 Å².